The van der Waals surface area contributed by atoms with Gasteiger partial charge in [0.2, 0.25) is 0 Å². The molecular formula is C5H7BN2O2. The summed E-state index contributed by atoms with van der Waals surface area (Å²) in [6.45, 7) is 1.80. The van der Waals surface area contributed by atoms with Crippen LogP contribution in [0.1, 0.15) is 5.69 Å². The Hall–Kier alpha value is -1.10. The topological polar surface area (TPSA) is 55.2 Å². The molecule has 0 saturated carbocycles. The summed E-state index contributed by atoms with van der Waals surface area (Å²) in [5.74, 6) is 0.537. The molecule has 1 aromatic heterocycles. The monoisotopic (exact) mass is 138 g/mol. The molecular weight excluding hydrogens is 131 g/mol. The van der Waals surface area contributed by atoms with Gasteiger partial charge in [-0.15, -0.1) is 0 Å². The van der Waals surface area contributed by atoms with Crippen molar-refractivity contribution in [3.8, 4) is 5.75 Å². The van der Waals surface area contributed by atoms with E-state index in [2.05, 4.69) is 10.2 Å². The van der Waals surface area contributed by atoms with E-state index < -0.39 is 0 Å². The van der Waals surface area contributed by atoms with Gasteiger partial charge in [0, 0.05) is 6.07 Å². The second-order valence-electron chi connectivity index (χ2n) is 1.81. The highest BCUT2D eigenvalue weighted by atomic mass is 16.5. The zero-order valence-corrected chi connectivity index (χ0v) is 5.61. The lowest BCUT2D eigenvalue weighted by Gasteiger charge is -1.99. The molecule has 52 valence electrons. The zero-order valence-electron chi connectivity index (χ0n) is 5.61. The Kier molecular flexibility index (Phi) is 2.22. The van der Waals surface area contributed by atoms with Crippen LogP contribution in [0.15, 0.2) is 12.3 Å². The van der Waals surface area contributed by atoms with Gasteiger partial charge in [-0.3, -0.25) is 0 Å². The first-order valence-electron chi connectivity index (χ1n) is 2.86. The van der Waals surface area contributed by atoms with Gasteiger partial charge in [-0.2, -0.15) is 10.2 Å². The molecule has 0 bridgehead atoms. The molecule has 0 unspecified atom stereocenters. The molecule has 0 aliphatic heterocycles. The fourth-order valence-electron chi connectivity index (χ4n) is 0.602. The fourth-order valence-corrected chi connectivity index (χ4v) is 0.602. The molecule has 0 amide bonds. The molecule has 10 heavy (non-hydrogen) atoms. The highest BCUT2D eigenvalue weighted by Crippen LogP contribution is 2.06. The van der Waals surface area contributed by atoms with E-state index >= 15 is 0 Å². The number of aromatic nitrogens is 2. The van der Waals surface area contributed by atoms with Gasteiger partial charge in [0.1, 0.15) is 5.75 Å². The van der Waals surface area contributed by atoms with Crippen LogP contribution < -0.4 is 4.65 Å². The van der Waals surface area contributed by atoms with Crippen molar-refractivity contribution in [2.24, 2.45) is 0 Å². The molecule has 0 radical (unpaired) electrons. The fraction of sp³-hybridized carbons (Fsp3) is 0.200. The van der Waals surface area contributed by atoms with Gasteiger partial charge in [-0.1, -0.05) is 0 Å². The molecule has 4 nitrogen and oxygen atoms in total. The van der Waals surface area contributed by atoms with E-state index in [9.17, 15) is 0 Å². The second kappa shape index (κ2) is 3.17. The van der Waals surface area contributed by atoms with Crippen molar-refractivity contribution in [3.63, 3.8) is 0 Å². The number of hydrogen-bond donors (Lipinski definition) is 1. The minimum absolute atomic E-state index is 0.328. The summed E-state index contributed by atoms with van der Waals surface area (Å²) in [4.78, 5) is 0. The van der Waals surface area contributed by atoms with Crippen LogP contribution in [0.4, 0.5) is 0 Å². The third-order valence-electron chi connectivity index (χ3n) is 0.983. The van der Waals surface area contributed by atoms with Gasteiger partial charge in [-0.05, 0) is 6.92 Å². The Bertz CT molecular complexity index is 219. The maximum atomic E-state index is 8.34. The Labute approximate surface area is 59.2 Å². The van der Waals surface area contributed by atoms with E-state index in [1.165, 1.54) is 6.20 Å². The molecule has 0 aliphatic carbocycles. The van der Waals surface area contributed by atoms with E-state index in [0.717, 1.165) is 5.69 Å². The summed E-state index contributed by atoms with van der Waals surface area (Å²) in [7, 11) is -0.328. The molecule has 0 aromatic carbocycles. The Balaban J connectivity index is 2.75. The van der Waals surface area contributed by atoms with Crippen molar-refractivity contribution in [1.29, 1.82) is 0 Å². The number of aryl methyl sites for hydroxylation is 1. The summed E-state index contributed by atoms with van der Waals surface area (Å²) < 4.78 is 4.74. The molecule has 5 heteroatoms. The van der Waals surface area contributed by atoms with E-state index in [0.29, 0.717) is 5.75 Å². The molecule has 1 N–H and O–H groups in total. The molecule has 0 saturated heterocycles. The highest BCUT2D eigenvalue weighted by Gasteiger charge is 1.93. The Morgan fingerprint density at radius 1 is 1.70 bits per heavy atom. The van der Waals surface area contributed by atoms with Crippen molar-refractivity contribution >= 4 is 7.69 Å². The van der Waals surface area contributed by atoms with Gasteiger partial charge in [-0.25, -0.2) is 0 Å². The predicted molar refractivity (Wildman–Crippen MR) is 36.8 cm³/mol. The van der Waals surface area contributed by atoms with Crippen molar-refractivity contribution < 1.29 is 9.68 Å². The van der Waals surface area contributed by atoms with Gasteiger partial charge in [0.15, 0.2) is 0 Å². The quantitative estimate of drug-likeness (QED) is 0.555. The minimum atomic E-state index is -0.328. The smallest absolute Gasteiger partial charge is 0.504 e. The standard InChI is InChI=1S/C5H7BN2O2/c1-4-2-5(10-6-9)3-7-8-4/h2-3,6,9H,1H3. The normalized spacial score (nSPS) is 9.00. The number of hydrogen-bond acceptors (Lipinski definition) is 4. The van der Waals surface area contributed by atoms with Crippen LogP contribution in [0.3, 0.4) is 0 Å². The lowest BCUT2D eigenvalue weighted by atomic mass is 10.3. The van der Waals surface area contributed by atoms with E-state index in [4.69, 9.17) is 9.68 Å². The maximum Gasteiger partial charge on any atom is 0.504 e. The summed E-state index contributed by atoms with van der Waals surface area (Å²) in [6, 6.07) is 1.70. The first-order chi connectivity index (χ1) is 4.83. The van der Waals surface area contributed by atoms with Crippen molar-refractivity contribution in [3.05, 3.63) is 18.0 Å². The molecule has 1 heterocycles. The molecule has 0 atom stereocenters. The van der Waals surface area contributed by atoms with Crippen LogP contribution in [0.5, 0.6) is 5.75 Å². The molecule has 0 spiro atoms. The average molecular weight is 138 g/mol. The lowest BCUT2D eigenvalue weighted by molar-refractivity contribution is 0.451. The summed E-state index contributed by atoms with van der Waals surface area (Å²) >= 11 is 0. The van der Waals surface area contributed by atoms with Gasteiger partial charge >= 0.3 is 7.69 Å². The SMILES string of the molecule is Cc1cc(OBO)cnn1. The molecule has 0 aliphatic rings. The number of nitrogens with zero attached hydrogens (tertiary/aromatic N) is 2. The lowest BCUT2D eigenvalue weighted by Crippen LogP contribution is -2.00. The largest absolute Gasteiger partial charge is 0.538 e. The first kappa shape index (κ1) is 7.02. The third kappa shape index (κ3) is 1.70. The second-order valence-corrected chi connectivity index (χ2v) is 1.81. The Morgan fingerprint density at radius 2 is 2.50 bits per heavy atom. The highest BCUT2D eigenvalue weighted by molar-refractivity contribution is 6.17. The van der Waals surface area contributed by atoms with Crippen LogP contribution in [0.2, 0.25) is 0 Å². The zero-order chi connectivity index (χ0) is 7.40. The van der Waals surface area contributed by atoms with Crippen LogP contribution in [0.25, 0.3) is 0 Å². The van der Waals surface area contributed by atoms with Crippen LogP contribution in [0, 0.1) is 6.92 Å². The predicted octanol–water partition coefficient (Wildman–Crippen LogP) is -0.577. The van der Waals surface area contributed by atoms with Gasteiger partial charge < -0.3 is 9.68 Å². The van der Waals surface area contributed by atoms with E-state index in [1.807, 2.05) is 0 Å². The van der Waals surface area contributed by atoms with Crippen molar-refractivity contribution in [1.82, 2.24) is 10.2 Å². The Morgan fingerprint density at radius 3 is 3.10 bits per heavy atom. The van der Waals surface area contributed by atoms with Crippen LogP contribution in [-0.2, 0) is 0 Å². The van der Waals surface area contributed by atoms with Gasteiger partial charge in [0.25, 0.3) is 0 Å². The molecule has 1 aromatic rings. The third-order valence-corrected chi connectivity index (χ3v) is 0.983. The summed E-state index contributed by atoms with van der Waals surface area (Å²) in [6.07, 6.45) is 1.45. The average Bonchev–Trinajstić information content (AvgIpc) is 1.88. The minimum Gasteiger partial charge on any atom is -0.538 e. The summed E-state index contributed by atoms with van der Waals surface area (Å²) in [5.41, 5.74) is 0.769. The molecule has 0 fully saturated rings. The van der Waals surface area contributed by atoms with Crippen molar-refractivity contribution in [2.45, 2.75) is 6.92 Å². The van der Waals surface area contributed by atoms with Crippen LogP contribution in [-0.4, -0.2) is 22.9 Å². The van der Waals surface area contributed by atoms with E-state index in [-0.39, 0.29) is 7.69 Å². The number of rotatable bonds is 2. The molecule has 1 rings (SSSR count). The van der Waals surface area contributed by atoms with Crippen LogP contribution >= 0.6 is 0 Å². The van der Waals surface area contributed by atoms with E-state index in [1.54, 1.807) is 13.0 Å². The maximum absolute atomic E-state index is 8.34. The van der Waals surface area contributed by atoms with Crippen molar-refractivity contribution in [2.75, 3.05) is 0 Å². The van der Waals surface area contributed by atoms with Gasteiger partial charge in [0.05, 0.1) is 11.9 Å². The summed E-state index contributed by atoms with van der Waals surface area (Å²) in [5, 5.41) is 15.7. The first-order valence-corrected chi connectivity index (χ1v) is 2.86.